The molecular weight excluding hydrogens is 212 g/mol. The Morgan fingerprint density at radius 2 is 2.12 bits per heavy atom. The first-order valence-electron chi connectivity index (χ1n) is 7.06. The molecule has 1 unspecified atom stereocenters. The predicted molar refractivity (Wildman–Crippen MR) is 73.4 cm³/mol. The Kier molecular flexibility index (Phi) is 6.45. The predicted octanol–water partition coefficient (Wildman–Crippen LogP) is 2.12. The Morgan fingerprint density at radius 3 is 2.76 bits per heavy atom. The molecule has 0 aromatic heterocycles. The van der Waals surface area contributed by atoms with E-state index in [0.717, 1.165) is 25.7 Å². The monoisotopic (exact) mass is 242 g/mol. The molecule has 0 saturated carbocycles. The van der Waals surface area contributed by atoms with Gasteiger partial charge in [-0.25, -0.2) is 0 Å². The lowest BCUT2D eigenvalue weighted by atomic mass is 10.1. The smallest absolute Gasteiger partial charge is 0.0478 e. The van der Waals surface area contributed by atoms with Crippen molar-refractivity contribution >= 4 is 0 Å². The average molecular weight is 242 g/mol. The maximum atomic E-state index is 5.37. The maximum absolute atomic E-state index is 5.37. The Hall–Kier alpha value is -0.120. The van der Waals surface area contributed by atoms with Crippen molar-refractivity contribution in [3.05, 3.63) is 0 Å². The Bertz CT molecular complexity index is 201. The molecule has 0 aliphatic carbocycles. The van der Waals surface area contributed by atoms with E-state index < -0.39 is 0 Å². The molecule has 1 aliphatic heterocycles. The van der Waals surface area contributed by atoms with Crippen LogP contribution in [0.4, 0.5) is 0 Å². The number of rotatable bonds is 7. The number of hydrogen-bond donors (Lipinski definition) is 1. The molecule has 1 heterocycles. The van der Waals surface area contributed by atoms with Crippen molar-refractivity contribution in [1.82, 2.24) is 10.2 Å². The number of likely N-dealkylation sites (tertiary alicyclic amines) is 1. The highest BCUT2D eigenvalue weighted by Gasteiger charge is 2.23. The van der Waals surface area contributed by atoms with E-state index in [1.165, 1.54) is 32.5 Å². The zero-order valence-corrected chi connectivity index (χ0v) is 12.1. The standard InChI is InChI=1S/C14H30N2O/c1-5-17-10-6-8-16-9-7-13(12-16)11-15-14(2,3)4/h13,15H,5-12H2,1-4H3. The highest BCUT2D eigenvalue weighted by atomic mass is 16.5. The largest absolute Gasteiger partial charge is 0.382 e. The summed E-state index contributed by atoms with van der Waals surface area (Å²) in [6.07, 6.45) is 2.52. The van der Waals surface area contributed by atoms with Crippen LogP contribution in [0.5, 0.6) is 0 Å². The van der Waals surface area contributed by atoms with Crippen LogP contribution in [0.15, 0.2) is 0 Å². The van der Waals surface area contributed by atoms with E-state index in [0.29, 0.717) is 0 Å². The highest BCUT2D eigenvalue weighted by Crippen LogP contribution is 2.16. The van der Waals surface area contributed by atoms with E-state index in [9.17, 15) is 0 Å². The van der Waals surface area contributed by atoms with E-state index in [1.54, 1.807) is 0 Å². The molecule has 3 nitrogen and oxygen atoms in total. The third kappa shape index (κ3) is 7.02. The van der Waals surface area contributed by atoms with Gasteiger partial charge in [0, 0.05) is 31.8 Å². The first-order chi connectivity index (χ1) is 8.01. The summed E-state index contributed by atoms with van der Waals surface area (Å²) < 4.78 is 5.37. The summed E-state index contributed by atoms with van der Waals surface area (Å²) in [6, 6.07) is 0. The van der Waals surface area contributed by atoms with E-state index in [-0.39, 0.29) is 5.54 Å². The zero-order valence-electron chi connectivity index (χ0n) is 12.1. The van der Waals surface area contributed by atoms with Crippen molar-refractivity contribution in [1.29, 1.82) is 0 Å². The van der Waals surface area contributed by atoms with Crippen LogP contribution in [0.3, 0.4) is 0 Å². The second-order valence-corrected chi connectivity index (χ2v) is 6.14. The molecule has 1 fully saturated rings. The van der Waals surface area contributed by atoms with Gasteiger partial charge in [0.25, 0.3) is 0 Å². The SMILES string of the molecule is CCOCCCN1CCC(CNC(C)(C)C)C1. The van der Waals surface area contributed by atoms with Crippen LogP contribution in [0.2, 0.25) is 0 Å². The maximum Gasteiger partial charge on any atom is 0.0478 e. The molecule has 1 saturated heterocycles. The van der Waals surface area contributed by atoms with Crippen LogP contribution < -0.4 is 5.32 Å². The quantitative estimate of drug-likeness (QED) is 0.692. The van der Waals surface area contributed by atoms with Gasteiger partial charge in [0.15, 0.2) is 0 Å². The topological polar surface area (TPSA) is 24.5 Å². The van der Waals surface area contributed by atoms with Crippen LogP contribution in [-0.4, -0.2) is 49.8 Å². The first-order valence-corrected chi connectivity index (χ1v) is 7.06. The van der Waals surface area contributed by atoms with Crippen molar-refractivity contribution < 1.29 is 4.74 Å². The number of nitrogens with one attached hydrogen (secondary N) is 1. The van der Waals surface area contributed by atoms with Gasteiger partial charge in [-0.15, -0.1) is 0 Å². The summed E-state index contributed by atoms with van der Waals surface area (Å²) in [4.78, 5) is 2.58. The Morgan fingerprint density at radius 1 is 1.35 bits per heavy atom. The second-order valence-electron chi connectivity index (χ2n) is 6.14. The summed E-state index contributed by atoms with van der Waals surface area (Å²) >= 11 is 0. The van der Waals surface area contributed by atoms with Gasteiger partial charge in [0.1, 0.15) is 0 Å². The fraction of sp³-hybridized carbons (Fsp3) is 1.00. The van der Waals surface area contributed by atoms with Crippen LogP contribution in [0.25, 0.3) is 0 Å². The summed E-state index contributed by atoms with van der Waals surface area (Å²) in [6.45, 7) is 15.4. The van der Waals surface area contributed by atoms with E-state index >= 15 is 0 Å². The van der Waals surface area contributed by atoms with Gasteiger partial charge in [0.05, 0.1) is 0 Å². The minimum atomic E-state index is 0.252. The molecule has 0 spiro atoms. The van der Waals surface area contributed by atoms with Crippen LogP contribution in [-0.2, 0) is 4.74 Å². The van der Waals surface area contributed by atoms with Crippen molar-refractivity contribution in [2.75, 3.05) is 39.4 Å². The molecule has 1 atom stereocenters. The van der Waals surface area contributed by atoms with Gasteiger partial charge < -0.3 is 15.0 Å². The minimum absolute atomic E-state index is 0.252. The Balaban J connectivity index is 2.06. The molecule has 102 valence electrons. The van der Waals surface area contributed by atoms with Gasteiger partial charge in [-0.3, -0.25) is 0 Å². The fourth-order valence-corrected chi connectivity index (χ4v) is 2.27. The van der Waals surface area contributed by atoms with Gasteiger partial charge in [0.2, 0.25) is 0 Å². The lowest BCUT2D eigenvalue weighted by Crippen LogP contribution is -2.39. The van der Waals surface area contributed by atoms with E-state index in [1.807, 2.05) is 0 Å². The fourth-order valence-electron chi connectivity index (χ4n) is 2.27. The van der Waals surface area contributed by atoms with Crippen LogP contribution in [0.1, 0.15) is 40.5 Å². The van der Waals surface area contributed by atoms with Gasteiger partial charge >= 0.3 is 0 Å². The molecule has 1 N–H and O–H groups in total. The van der Waals surface area contributed by atoms with Crippen molar-refractivity contribution in [3.63, 3.8) is 0 Å². The molecule has 0 bridgehead atoms. The van der Waals surface area contributed by atoms with Gasteiger partial charge in [-0.1, -0.05) is 0 Å². The lowest BCUT2D eigenvalue weighted by molar-refractivity contribution is 0.135. The summed E-state index contributed by atoms with van der Waals surface area (Å²) in [5.41, 5.74) is 0.252. The van der Waals surface area contributed by atoms with Crippen molar-refractivity contribution in [3.8, 4) is 0 Å². The van der Waals surface area contributed by atoms with Crippen LogP contribution >= 0.6 is 0 Å². The molecule has 3 heteroatoms. The number of hydrogen-bond acceptors (Lipinski definition) is 3. The molecule has 0 aromatic carbocycles. The second kappa shape index (κ2) is 7.34. The highest BCUT2D eigenvalue weighted by molar-refractivity contribution is 4.80. The molecule has 1 rings (SSSR count). The molecule has 1 aliphatic rings. The first kappa shape index (κ1) is 14.9. The minimum Gasteiger partial charge on any atom is -0.382 e. The number of nitrogens with zero attached hydrogens (tertiary/aromatic N) is 1. The van der Waals surface area contributed by atoms with Gasteiger partial charge in [-0.2, -0.15) is 0 Å². The average Bonchev–Trinajstić information content (AvgIpc) is 2.69. The molecule has 0 aromatic rings. The van der Waals surface area contributed by atoms with Crippen LogP contribution in [0, 0.1) is 5.92 Å². The van der Waals surface area contributed by atoms with Crippen molar-refractivity contribution in [2.45, 2.75) is 46.1 Å². The van der Waals surface area contributed by atoms with Crippen molar-refractivity contribution in [2.24, 2.45) is 5.92 Å². The lowest BCUT2D eigenvalue weighted by Gasteiger charge is -2.23. The molecular formula is C14H30N2O. The summed E-state index contributed by atoms with van der Waals surface area (Å²) in [7, 11) is 0. The third-order valence-corrected chi connectivity index (χ3v) is 3.26. The van der Waals surface area contributed by atoms with Gasteiger partial charge in [-0.05, 0) is 59.5 Å². The van der Waals surface area contributed by atoms with E-state index in [2.05, 4.69) is 37.9 Å². The summed E-state index contributed by atoms with van der Waals surface area (Å²) in [5, 5.41) is 3.61. The zero-order chi connectivity index (χ0) is 12.7. The summed E-state index contributed by atoms with van der Waals surface area (Å²) in [5.74, 6) is 0.835. The number of ether oxygens (including phenoxy) is 1. The third-order valence-electron chi connectivity index (χ3n) is 3.26. The van der Waals surface area contributed by atoms with E-state index in [4.69, 9.17) is 4.74 Å². The Labute approximate surface area is 107 Å². The molecule has 0 radical (unpaired) electrons. The normalized spacial score (nSPS) is 22.2. The molecule has 17 heavy (non-hydrogen) atoms. The molecule has 0 amide bonds.